The summed E-state index contributed by atoms with van der Waals surface area (Å²) in [5, 5.41) is 6.43. The molecule has 1 aliphatic rings. The van der Waals surface area contributed by atoms with Crippen molar-refractivity contribution in [1.29, 1.82) is 0 Å². The van der Waals surface area contributed by atoms with Crippen LogP contribution in [0.25, 0.3) is 0 Å². The standard InChI is InChI=1S/C15H30N2O/c1-3-4-5-6-9-13(2)16-12-15(18)17-14-10-7-8-11-14/h13-14,16H,3-12H2,1-2H3,(H,17,18). The molecular formula is C15H30N2O. The van der Waals surface area contributed by atoms with Gasteiger partial charge in [-0.05, 0) is 26.2 Å². The fourth-order valence-corrected chi connectivity index (χ4v) is 2.60. The molecule has 0 aromatic heterocycles. The van der Waals surface area contributed by atoms with E-state index in [4.69, 9.17) is 0 Å². The van der Waals surface area contributed by atoms with Crippen LogP contribution in [0.4, 0.5) is 0 Å². The van der Waals surface area contributed by atoms with Crippen LogP contribution in [0.1, 0.15) is 71.6 Å². The molecule has 1 amide bonds. The molecule has 0 radical (unpaired) electrons. The summed E-state index contributed by atoms with van der Waals surface area (Å²) in [6, 6.07) is 0.898. The van der Waals surface area contributed by atoms with E-state index in [0.717, 1.165) is 12.8 Å². The predicted molar refractivity (Wildman–Crippen MR) is 76.6 cm³/mol. The summed E-state index contributed by atoms with van der Waals surface area (Å²) in [5.74, 6) is 0.169. The summed E-state index contributed by atoms with van der Waals surface area (Å²) in [4.78, 5) is 11.7. The quantitative estimate of drug-likeness (QED) is 0.621. The van der Waals surface area contributed by atoms with E-state index in [1.165, 1.54) is 44.9 Å². The molecular weight excluding hydrogens is 224 g/mol. The Morgan fingerprint density at radius 2 is 1.94 bits per heavy atom. The molecule has 106 valence electrons. The molecule has 1 aliphatic carbocycles. The van der Waals surface area contributed by atoms with Gasteiger partial charge >= 0.3 is 0 Å². The molecule has 0 bridgehead atoms. The highest BCUT2D eigenvalue weighted by atomic mass is 16.1. The van der Waals surface area contributed by atoms with Gasteiger partial charge in [-0.25, -0.2) is 0 Å². The van der Waals surface area contributed by atoms with Gasteiger partial charge in [-0.15, -0.1) is 0 Å². The highest BCUT2D eigenvalue weighted by Gasteiger charge is 2.16. The topological polar surface area (TPSA) is 41.1 Å². The summed E-state index contributed by atoms with van der Waals surface area (Å²) in [6.45, 7) is 4.88. The molecule has 1 unspecified atom stereocenters. The lowest BCUT2D eigenvalue weighted by Crippen LogP contribution is -2.41. The molecule has 18 heavy (non-hydrogen) atoms. The van der Waals surface area contributed by atoms with Crippen molar-refractivity contribution in [2.24, 2.45) is 0 Å². The van der Waals surface area contributed by atoms with E-state index < -0.39 is 0 Å². The monoisotopic (exact) mass is 254 g/mol. The number of unbranched alkanes of at least 4 members (excludes halogenated alkanes) is 3. The summed E-state index contributed by atoms with van der Waals surface area (Å²) in [7, 11) is 0. The minimum atomic E-state index is 0.169. The van der Waals surface area contributed by atoms with Gasteiger partial charge in [0.25, 0.3) is 0 Å². The summed E-state index contributed by atoms with van der Waals surface area (Å²) < 4.78 is 0. The van der Waals surface area contributed by atoms with E-state index in [9.17, 15) is 4.79 Å². The van der Waals surface area contributed by atoms with Crippen molar-refractivity contribution in [2.45, 2.75) is 83.7 Å². The zero-order valence-corrected chi connectivity index (χ0v) is 12.1. The van der Waals surface area contributed by atoms with Crippen LogP contribution in [0.2, 0.25) is 0 Å². The van der Waals surface area contributed by atoms with Crippen LogP contribution in [0.5, 0.6) is 0 Å². The molecule has 3 heteroatoms. The number of rotatable bonds is 9. The second-order valence-electron chi connectivity index (χ2n) is 5.68. The third-order valence-electron chi connectivity index (χ3n) is 3.82. The Morgan fingerprint density at radius 3 is 2.61 bits per heavy atom. The largest absolute Gasteiger partial charge is 0.352 e. The SMILES string of the molecule is CCCCCCC(C)NCC(=O)NC1CCCC1. The average Bonchev–Trinajstić information content (AvgIpc) is 2.85. The van der Waals surface area contributed by atoms with E-state index in [1.54, 1.807) is 0 Å². The van der Waals surface area contributed by atoms with Crippen molar-refractivity contribution < 1.29 is 4.79 Å². The van der Waals surface area contributed by atoms with Crippen molar-refractivity contribution >= 4 is 5.91 Å². The van der Waals surface area contributed by atoms with Crippen molar-refractivity contribution in [1.82, 2.24) is 10.6 Å². The lowest BCUT2D eigenvalue weighted by atomic mass is 10.1. The number of carbonyl (C=O) groups excluding carboxylic acids is 1. The molecule has 0 heterocycles. The molecule has 1 atom stereocenters. The molecule has 0 saturated heterocycles. The van der Waals surface area contributed by atoms with E-state index in [1.807, 2.05) is 0 Å². The Bertz CT molecular complexity index is 225. The van der Waals surface area contributed by atoms with Gasteiger partial charge in [0.1, 0.15) is 0 Å². The first-order valence-electron chi connectivity index (χ1n) is 7.75. The van der Waals surface area contributed by atoms with Crippen LogP contribution in [-0.2, 0) is 4.79 Å². The fourth-order valence-electron chi connectivity index (χ4n) is 2.60. The van der Waals surface area contributed by atoms with Gasteiger partial charge in [0.15, 0.2) is 0 Å². The van der Waals surface area contributed by atoms with E-state index in [2.05, 4.69) is 24.5 Å². The van der Waals surface area contributed by atoms with Gasteiger partial charge in [-0.1, -0.05) is 45.4 Å². The lowest BCUT2D eigenvalue weighted by Gasteiger charge is -2.16. The smallest absolute Gasteiger partial charge is 0.234 e. The molecule has 1 rings (SSSR count). The number of hydrogen-bond acceptors (Lipinski definition) is 2. The normalized spacial score (nSPS) is 17.9. The highest BCUT2D eigenvalue weighted by Crippen LogP contribution is 2.17. The minimum absolute atomic E-state index is 0.169. The van der Waals surface area contributed by atoms with E-state index >= 15 is 0 Å². The summed E-state index contributed by atoms with van der Waals surface area (Å²) in [6.07, 6.45) is 11.2. The van der Waals surface area contributed by atoms with Gasteiger partial charge < -0.3 is 10.6 Å². The van der Waals surface area contributed by atoms with Crippen LogP contribution in [-0.4, -0.2) is 24.5 Å². The predicted octanol–water partition coefficient (Wildman–Crippen LogP) is 2.99. The van der Waals surface area contributed by atoms with Crippen LogP contribution >= 0.6 is 0 Å². The number of nitrogens with one attached hydrogen (secondary N) is 2. The second-order valence-corrected chi connectivity index (χ2v) is 5.68. The van der Waals surface area contributed by atoms with Crippen LogP contribution < -0.4 is 10.6 Å². The van der Waals surface area contributed by atoms with Gasteiger partial charge in [0, 0.05) is 12.1 Å². The Hall–Kier alpha value is -0.570. The third-order valence-corrected chi connectivity index (χ3v) is 3.82. The highest BCUT2D eigenvalue weighted by molar-refractivity contribution is 5.78. The molecule has 2 N–H and O–H groups in total. The van der Waals surface area contributed by atoms with E-state index in [-0.39, 0.29) is 5.91 Å². The van der Waals surface area contributed by atoms with Gasteiger partial charge in [-0.3, -0.25) is 4.79 Å². The van der Waals surface area contributed by atoms with E-state index in [0.29, 0.717) is 18.6 Å². The van der Waals surface area contributed by atoms with Crippen LogP contribution in [0, 0.1) is 0 Å². The maximum atomic E-state index is 11.7. The first-order valence-corrected chi connectivity index (χ1v) is 7.75. The molecule has 1 fully saturated rings. The van der Waals surface area contributed by atoms with Gasteiger partial charge in [-0.2, -0.15) is 0 Å². The number of carbonyl (C=O) groups is 1. The second kappa shape index (κ2) is 9.37. The molecule has 0 aliphatic heterocycles. The third kappa shape index (κ3) is 7.00. The maximum absolute atomic E-state index is 11.7. The summed E-state index contributed by atoms with van der Waals surface area (Å²) in [5.41, 5.74) is 0. The minimum Gasteiger partial charge on any atom is -0.352 e. The Morgan fingerprint density at radius 1 is 1.22 bits per heavy atom. The Kier molecular flexibility index (Phi) is 8.06. The zero-order chi connectivity index (χ0) is 13.2. The van der Waals surface area contributed by atoms with Crippen molar-refractivity contribution in [3.8, 4) is 0 Å². The molecule has 1 saturated carbocycles. The first-order chi connectivity index (χ1) is 8.72. The van der Waals surface area contributed by atoms with Gasteiger partial charge in [0.05, 0.1) is 6.54 Å². The zero-order valence-electron chi connectivity index (χ0n) is 12.1. The Labute approximate surface area is 112 Å². The van der Waals surface area contributed by atoms with Crippen molar-refractivity contribution in [3.63, 3.8) is 0 Å². The fraction of sp³-hybridized carbons (Fsp3) is 0.933. The Balaban J connectivity index is 1.98. The number of amides is 1. The lowest BCUT2D eigenvalue weighted by molar-refractivity contribution is -0.121. The van der Waals surface area contributed by atoms with Crippen molar-refractivity contribution in [3.05, 3.63) is 0 Å². The maximum Gasteiger partial charge on any atom is 0.234 e. The van der Waals surface area contributed by atoms with Crippen molar-refractivity contribution in [2.75, 3.05) is 6.54 Å². The molecule has 3 nitrogen and oxygen atoms in total. The molecule has 0 spiro atoms. The van der Waals surface area contributed by atoms with Gasteiger partial charge in [0.2, 0.25) is 5.91 Å². The summed E-state index contributed by atoms with van der Waals surface area (Å²) >= 11 is 0. The number of hydrogen-bond donors (Lipinski definition) is 2. The van der Waals surface area contributed by atoms with Crippen LogP contribution in [0.3, 0.4) is 0 Å². The molecule has 0 aromatic carbocycles. The van der Waals surface area contributed by atoms with Crippen LogP contribution in [0.15, 0.2) is 0 Å². The first kappa shape index (κ1) is 15.5. The molecule has 0 aromatic rings. The average molecular weight is 254 g/mol.